The minimum absolute atomic E-state index is 0.346. The summed E-state index contributed by atoms with van der Waals surface area (Å²) in [6.07, 6.45) is 1.95. The lowest BCUT2D eigenvalue weighted by Gasteiger charge is -2.10. The van der Waals surface area contributed by atoms with Crippen molar-refractivity contribution in [2.24, 2.45) is 0 Å². The van der Waals surface area contributed by atoms with Gasteiger partial charge in [-0.05, 0) is 27.3 Å². The average molecular weight is 303 g/mol. The van der Waals surface area contributed by atoms with E-state index in [1.54, 1.807) is 6.92 Å². The highest BCUT2D eigenvalue weighted by molar-refractivity contribution is 7.99. The molecule has 0 radical (unpaired) electrons. The number of carbonyl (C=O) groups is 1. The molecule has 0 amide bonds. The van der Waals surface area contributed by atoms with Crippen LogP contribution in [0.25, 0.3) is 0 Å². The average Bonchev–Trinajstić information content (AvgIpc) is 2.65. The monoisotopic (exact) mass is 303 g/mol. The van der Waals surface area contributed by atoms with Crippen LogP contribution in [0, 0.1) is 0 Å². The van der Waals surface area contributed by atoms with Gasteiger partial charge in [-0.25, -0.2) is 4.79 Å². The maximum Gasteiger partial charge on any atom is 0.350 e. The lowest BCUT2D eigenvalue weighted by atomic mass is 10.4. The van der Waals surface area contributed by atoms with Gasteiger partial charge in [0.25, 0.3) is 0 Å². The van der Waals surface area contributed by atoms with Gasteiger partial charge < -0.3 is 20.7 Å². The quantitative estimate of drug-likeness (QED) is 0.594. The van der Waals surface area contributed by atoms with Crippen LogP contribution in [0.2, 0.25) is 0 Å². The van der Waals surface area contributed by atoms with Gasteiger partial charge in [-0.15, -0.1) is 23.1 Å². The molecule has 3 N–H and O–H groups in total. The Hall–Kier alpha value is -0.920. The third-order valence-corrected chi connectivity index (χ3v) is 4.51. The molecule has 0 fully saturated rings. The standard InChI is InChI=1S/C12H21N3O2S2/c1-5-17-12(16)10-8(13)9(18-4)11(19-10)14-6-7-15(2)3/h14H,5-7,13H2,1-4H3. The zero-order chi connectivity index (χ0) is 14.4. The minimum atomic E-state index is -0.346. The smallest absolute Gasteiger partial charge is 0.350 e. The lowest BCUT2D eigenvalue weighted by molar-refractivity contribution is 0.0533. The number of esters is 1. The molecule has 1 rings (SSSR count). The second kappa shape index (κ2) is 7.62. The second-order valence-corrected chi connectivity index (χ2v) is 5.99. The maximum absolute atomic E-state index is 11.8. The summed E-state index contributed by atoms with van der Waals surface area (Å²) in [5, 5.41) is 4.26. The molecule has 0 spiro atoms. The van der Waals surface area contributed by atoms with Crippen molar-refractivity contribution < 1.29 is 9.53 Å². The van der Waals surface area contributed by atoms with Crippen LogP contribution in [0.5, 0.6) is 0 Å². The van der Waals surface area contributed by atoms with E-state index >= 15 is 0 Å². The SMILES string of the molecule is CCOC(=O)c1sc(NCCN(C)C)c(SC)c1N. The van der Waals surface area contributed by atoms with Gasteiger partial charge in [0.15, 0.2) is 0 Å². The summed E-state index contributed by atoms with van der Waals surface area (Å²) in [5.74, 6) is -0.346. The molecule has 1 aromatic rings. The van der Waals surface area contributed by atoms with E-state index in [-0.39, 0.29) is 5.97 Å². The largest absolute Gasteiger partial charge is 0.462 e. The molecule has 0 aromatic carbocycles. The number of nitrogen functional groups attached to an aromatic ring is 1. The third-order valence-electron chi connectivity index (χ3n) is 2.41. The van der Waals surface area contributed by atoms with Crippen molar-refractivity contribution in [3.63, 3.8) is 0 Å². The lowest BCUT2D eigenvalue weighted by Crippen LogP contribution is -2.20. The van der Waals surface area contributed by atoms with E-state index in [4.69, 9.17) is 10.5 Å². The Morgan fingerprint density at radius 1 is 1.53 bits per heavy atom. The number of carbonyl (C=O) groups excluding carboxylic acids is 1. The topological polar surface area (TPSA) is 67.6 Å². The molecule has 0 aliphatic heterocycles. The molecular weight excluding hydrogens is 282 g/mol. The maximum atomic E-state index is 11.8. The number of thioether (sulfide) groups is 1. The minimum Gasteiger partial charge on any atom is -0.462 e. The van der Waals surface area contributed by atoms with E-state index in [2.05, 4.69) is 10.2 Å². The summed E-state index contributed by atoms with van der Waals surface area (Å²) >= 11 is 2.90. The van der Waals surface area contributed by atoms with Crippen molar-refractivity contribution in [1.29, 1.82) is 0 Å². The van der Waals surface area contributed by atoms with Crippen LogP contribution in [0.15, 0.2) is 4.90 Å². The van der Waals surface area contributed by atoms with Gasteiger partial charge in [0.2, 0.25) is 0 Å². The number of nitrogens with two attached hydrogens (primary N) is 1. The molecule has 1 aromatic heterocycles. The van der Waals surface area contributed by atoms with Crippen LogP contribution in [0.3, 0.4) is 0 Å². The fourth-order valence-corrected chi connectivity index (χ4v) is 3.44. The molecule has 0 unspecified atom stereocenters. The molecule has 7 heteroatoms. The highest BCUT2D eigenvalue weighted by Gasteiger charge is 2.21. The normalized spacial score (nSPS) is 10.8. The number of nitrogens with zero attached hydrogens (tertiary/aromatic N) is 1. The molecule has 19 heavy (non-hydrogen) atoms. The molecule has 0 atom stereocenters. The highest BCUT2D eigenvalue weighted by atomic mass is 32.2. The fourth-order valence-electron chi connectivity index (χ4n) is 1.49. The summed E-state index contributed by atoms with van der Waals surface area (Å²) in [6.45, 7) is 3.87. The second-order valence-electron chi connectivity index (χ2n) is 4.16. The van der Waals surface area contributed by atoms with E-state index in [9.17, 15) is 4.79 Å². The first-order chi connectivity index (χ1) is 9.01. The van der Waals surface area contributed by atoms with Crippen LogP contribution in [0.1, 0.15) is 16.6 Å². The van der Waals surface area contributed by atoms with Gasteiger partial charge in [-0.2, -0.15) is 0 Å². The van der Waals surface area contributed by atoms with Crippen molar-refractivity contribution in [1.82, 2.24) is 4.90 Å². The Labute approximate surface area is 122 Å². The Kier molecular flexibility index (Phi) is 6.47. The van der Waals surface area contributed by atoms with Crippen molar-refractivity contribution in [3.05, 3.63) is 4.88 Å². The molecule has 0 aliphatic carbocycles. The van der Waals surface area contributed by atoms with E-state index in [1.165, 1.54) is 23.1 Å². The van der Waals surface area contributed by atoms with Gasteiger partial charge in [0.1, 0.15) is 9.88 Å². The van der Waals surface area contributed by atoms with Crippen molar-refractivity contribution in [2.75, 3.05) is 51.1 Å². The zero-order valence-electron chi connectivity index (χ0n) is 11.8. The van der Waals surface area contributed by atoms with Gasteiger partial charge in [-0.1, -0.05) is 0 Å². The molecule has 1 heterocycles. The first-order valence-electron chi connectivity index (χ1n) is 6.03. The van der Waals surface area contributed by atoms with Gasteiger partial charge in [-0.3, -0.25) is 0 Å². The molecule has 0 bridgehead atoms. The molecule has 0 saturated heterocycles. The van der Waals surface area contributed by atoms with Crippen LogP contribution in [0.4, 0.5) is 10.7 Å². The van der Waals surface area contributed by atoms with Crippen molar-refractivity contribution >= 4 is 39.8 Å². The van der Waals surface area contributed by atoms with Crippen LogP contribution in [-0.4, -0.2) is 50.9 Å². The fraction of sp³-hybridized carbons (Fsp3) is 0.583. The summed E-state index contributed by atoms with van der Waals surface area (Å²) in [7, 11) is 4.04. The van der Waals surface area contributed by atoms with E-state index in [1.807, 2.05) is 20.4 Å². The van der Waals surface area contributed by atoms with E-state index < -0.39 is 0 Å². The number of rotatable bonds is 7. The number of anilines is 2. The Bertz CT molecular complexity index is 433. The van der Waals surface area contributed by atoms with Gasteiger partial charge in [0, 0.05) is 13.1 Å². The molecule has 0 saturated carbocycles. The predicted molar refractivity (Wildman–Crippen MR) is 83.5 cm³/mol. The van der Waals surface area contributed by atoms with E-state index in [0.29, 0.717) is 17.2 Å². The molecule has 0 aliphatic rings. The number of likely N-dealkylation sites (N-methyl/N-ethyl adjacent to an activating group) is 1. The zero-order valence-corrected chi connectivity index (χ0v) is 13.4. The first-order valence-corrected chi connectivity index (χ1v) is 8.07. The summed E-state index contributed by atoms with van der Waals surface area (Å²) in [5.41, 5.74) is 6.53. The summed E-state index contributed by atoms with van der Waals surface area (Å²) in [4.78, 5) is 15.3. The highest BCUT2D eigenvalue weighted by Crippen LogP contribution is 2.41. The number of hydrogen-bond acceptors (Lipinski definition) is 7. The predicted octanol–water partition coefficient (Wildman–Crippen LogP) is 2.20. The molecular formula is C12H21N3O2S2. The molecule has 108 valence electrons. The molecule has 5 nitrogen and oxygen atoms in total. The first kappa shape index (κ1) is 16.1. The Balaban J connectivity index is 2.86. The van der Waals surface area contributed by atoms with Gasteiger partial charge in [0.05, 0.1) is 17.2 Å². The van der Waals surface area contributed by atoms with Crippen LogP contribution >= 0.6 is 23.1 Å². The summed E-state index contributed by atoms with van der Waals surface area (Å²) < 4.78 is 5.01. The Morgan fingerprint density at radius 3 is 2.74 bits per heavy atom. The van der Waals surface area contributed by atoms with Crippen LogP contribution < -0.4 is 11.1 Å². The number of ether oxygens (including phenoxy) is 1. The number of thiophene rings is 1. The van der Waals surface area contributed by atoms with E-state index in [0.717, 1.165) is 23.0 Å². The number of nitrogens with one attached hydrogen (secondary N) is 1. The third kappa shape index (κ3) is 4.29. The number of hydrogen-bond donors (Lipinski definition) is 2. The van der Waals surface area contributed by atoms with Crippen molar-refractivity contribution in [3.8, 4) is 0 Å². The van der Waals surface area contributed by atoms with Crippen LogP contribution in [-0.2, 0) is 4.74 Å². The van der Waals surface area contributed by atoms with Gasteiger partial charge >= 0.3 is 5.97 Å². The Morgan fingerprint density at radius 2 is 2.21 bits per heavy atom. The van der Waals surface area contributed by atoms with Crippen molar-refractivity contribution in [2.45, 2.75) is 11.8 Å². The summed E-state index contributed by atoms with van der Waals surface area (Å²) in [6, 6.07) is 0.